The molecule has 29 heavy (non-hydrogen) atoms. The van der Waals surface area contributed by atoms with Crippen LogP contribution in [0.2, 0.25) is 0 Å². The van der Waals surface area contributed by atoms with Crippen molar-refractivity contribution in [3.63, 3.8) is 0 Å². The average Bonchev–Trinajstić information content (AvgIpc) is 2.76. The lowest BCUT2D eigenvalue weighted by Crippen LogP contribution is -2.29. The number of hydrogen-bond acceptors (Lipinski definition) is 3. The summed E-state index contributed by atoms with van der Waals surface area (Å²) >= 11 is 0. The summed E-state index contributed by atoms with van der Waals surface area (Å²) in [5, 5.41) is 0. The van der Waals surface area contributed by atoms with Gasteiger partial charge in [-0.15, -0.1) is 0 Å². The molecule has 0 radical (unpaired) electrons. The standard InChI is InChI=1S/C26H33NO2/c1-18-2-4-19(5-3-18)20-6-8-23(9-7-20)26(28)29-25-16-12-22(13-17-25)21-10-14-24(27)15-11-21/h10-20,23H,2-9,27H2,1H3. The number of ether oxygens (including phenoxy) is 1. The summed E-state index contributed by atoms with van der Waals surface area (Å²) in [6, 6.07) is 15.6. The molecule has 0 heterocycles. The monoisotopic (exact) mass is 391 g/mol. The first kappa shape index (κ1) is 20.0. The van der Waals surface area contributed by atoms with E-state index in [1.807, 2.05) is 48.5 Å². The van der Waals surface area contributed by atoms with Gasteiger partial charge in [0.05, 0.1) is 5.92 Å². The molecule has 0 bridgehead atoms. The maximum absolute atomic E-state index is 12.6. The molecule has 3 nitrogen and oxygen atoms in total. The Morgan fingerprint density at radius 3 is 1.79 bits per heavy atom. The number of esters is 1. The molecule has 2 aliphatic rings. The predicted molar refractivity (Wildman–Crippen MR) is 118 cm³/mol. The zero-order valence-corrected chi connectivity index (χ0v) is 17.5. The second kappa shape index (κ2) is 9.02. The van der Waals surface area contributed by atoms with Gasteiger partial charge in [-0.2, -0.15) is 0 Å². The molecule has 0 spiro atoms. The quantitative estimate of drug-likeness (QED) is 0.369. The topological polar surface area (TPSA) is 52.3 Å². The van der Waals surface area contributed by atoms with E-state index in [0.717, 1.165) is 47.4 Å². The van der Waals surface area contributed by atoms with Crippen molar-refractivity contribution < 1.29 is 9.53 Å². The number of anilines is 1. The van der Waals surface area contributed by atoms with Gasteiger partial charge in [-0.1, -0.05) is 44.0 Å². The molecule has 2 aliphatic carbocycles. The van der Waals surface area contributed by atoms with E-state index in [0.29, 0.717) is 5.75 Å². The molecule has 0 aromatic heterocycles. The van der Waals surface area contributed by atoms with E-state index < -0.39 is 0 Å². The van der Waals surface area contributed by atoms with Crippen molar-refractivity contribution >= 4 is 11.7 Å². The molecule has 0 aliphatic heterocycles. The molecule has 3 heteroatoms. The van der Waals surface area contributed by atoms with Crippen molar-refractivity contribution in [2.75, 3.05) is 5.73 Å². The van der Waals surface area contributed by atoms with Gasteiger partial charge >= 0.3 is 5.97 Å². The summed E-state index contributed by atoms with van der Waals surface area (Å²) < 4.78 is 5.70. The van der Waals surface area contributed by atoms with Gasteiger partial charge in [0.1, 0.15) is 5.75 Å². The lowest BCUT2D eigenvalue weighted by Gasteiger charge is -2.36. The van der Waals surface area contributed by atoms with Gasteiger partial charge in [0, 0.05) is 5.69 Å². The lowest BCUT2D eigenvalue weighted by atomic mass is 9.69. The minimum absolute atomic E-state index is 0.0547. The van der Waals surface area contributed by atoms with Crippen molar-refractivity contribution in [3.05, 3.63) is 48.5 Å². The summed E-state index contributed by atoms with van der Waals surface area (Å²) in [7, 11) is 0. The fourth-order valence-corrected chi connectivity index (χ4v) is 5.17. The zero-order valence-electron chi connectivity index (χ0n) is 17.5. The second-order valence-corrected chi connectivity index (χ2v) is 9.20. The van der Waals surface area contributed by atoms with Crippen molar-refractivity contribution in [1.82, 2.24) is 0 Å². The Bertz CT molecular complexity index is 796. The van der Waals surface area contributed by atoms with Crippen LogP contribution >= 0.6 is 0 Å². The summed E-state index contributed by atoms with van der Waals surface area (Å²) in [5.41, 5.74) is 8.70. The van der Waals surface area contributed by atoms with Gasteiger partial charge in [-0.3, -0.25) is 4.79 Å². The minimum Gasteiger partial charge on any atom is -0.426 e. The SMILES string of the molecule is CC1CCC(C2CCC(C(=O)Oc3ccc(-c4ccc(N)cc4)cc3)CC2)CC1. The van der Waals surface area contributed by atoms with E-state index in [1.54, 1.807) is 0 Å². The van der Waals surface area contributed by atoms with Crippen LogP contribution in [0.25, 0.3) is 11.1 Å². The number of rotatable bonds is 4. The van der Waals surface area contributed by atoms with Crippen LogP contribution in [0.1, 0.15) is 58.3 Å². The van der Waals surface area contributed by atoms with E-state index >= 15 is 0 Å². The van der Waals surface area contributed by atoms with Gasteiger partial charge in [0.25, 0.3) is 0 Å². The molecule has 0 atom stereocenters. The Hall–Kier alpha value is -2.29. The third-order valence-corrected chi connectivity index (χ3v) is 7.15. The van der Waals surface area contributed by atoms with E-state index in [-0.39, 0.29) is 11.9 Å². The molecule has 2 aromatic rings. The average molecular weight is 392 g/mol. The number of hydrogen-bond donors (Lipinski definition) is 1. The van der Waals surface area contributed by atoms with Gasteiger partial charge in [0.2, 0.25) is 0 Å². The largest absolute Gasteiger partial charge is 0.426 e. The molecule has 154 valence electrons. The molecule has 2 aromatic carbocycles. The summed E-state index contributed by atoms with van der Waals surface area (Å²) in [6.45, 7) is 2.38. The molecule has 2 saturated carbocycles. The normalized spacial score (nSPS) is 27.3. The fourth-order valence-electron chi connectivity index (χ4n) is 5.17. The molecular formula is C26H33NO2. The highest BCUT2D eigenvalue weighted by Crippen LogP contribution is 2.41. The van der Waals surface area contributed by atoms with Crippen LogP contribution in [0.5, 0.6) is 5.75 Å². The second-order valence-electron chi connectivity index (χ2n) is 9.20. The summed E-state index contributed by atoms with van der Waals surface area (Å²) in [5.74, 6) is 3.27. The molecule has 4 rings (SSSR count). The van der Waals surface area contributed by atoms with E-state index in [2.05, 4.69) is 6.92 Å². The van der Waals surface area contributed by atoms with Gasteiger partial charge in [0.15, 0.2) is 0 Å². The highest BCUT2D eigenvalue weighted by atomic mass is 16.5. The molecule has 2 fully saturated rings. The van der Waals surface area contributed by atoms with Crippen molar-refractivity contribution in [2.24, 2.45) is 23.7 Å². The molecule has 0 amide bonds. The van der Waals surface area contributed by atoms with Gasteiger partial charge in [-0.05, 0) is 91.7 Å². The lowest BCUT2D eigenvalue weighted by molar-refractivity contribution is -0.140. The molecular weight excluding hydrogens is 358 g/mol. The van der Waals surface area contributed by atoms with Crippen LogP contribution in [-0.2, 0) is 4.79 Å². The molecule has 2 N–H and O–H groups in total. The van der Waals surface area contributed by atoms with Crippen LogP contribution in [0.4, 0.5) is 5.69 Å². The third-order valence-electron chi connectivity index (χ3n) is 7.15. The highest BCUT2D eigenvalue weighted by Gasteiger charge is 2.33. The fraction of sp³-hybridized carbons (Fsp3) is 0.500. The van der Waals surface area contributed by atoms with E-state index in [1.165, 1.54) is 38.5 Å². The number of nitrogens with two attached hydrogens (primary N) is 1. The third kappa shape index (κ3) is 5.01. The van der Waals surface area contributed by atoms with Crippen molar-refractivity contribution in [1.29, 1.82) is 0 Å². The van der Waals surface area contributed by atoms with Crippen LogP contribution in [0.3, 0.4) is 0 Å². The molecule has 0 unspecified atom stereocenters. The van der Waals surface area contributed by atoms with Crippen LogP contribution in [0, 0.1) is 23.7 Å². The number of benzene rings is 2. The Balaban J connectivity index is 1.28. The minimum atomic E-state index is -0.0547. The number of carbonyl (C=O) groups is 1. The van der Waals surface area contributed by atoms with E-state index in [4.69, 9.17) is 10.5 Å². The van der Waals surface area contributed by atoms with E-state index in [9.17, 15) is 4.79 Å². The van der Waals surface area contributed by atoms with Gasteiger partial charge in [-0.25, -0.2) is 0 Å². The number of carbonyl (C=O) groups excluding carboxylic acids is 1. The summed E-state index contributed by atoms with van der Waals surface area (Å²) in [6.07, 6.45) is 9.91. The van der Waals surface area contributed by atoms with Crippen LogP contribution in [0.15, 0.2) is 48.5 Å². The smallest absolute Gasteiger partial charge is 0.314 e. The Morgan fingerprint density at radius 2 is 1.24 bits per heavy atom. The number of nitrogen functional groups attached to an aromatic ring is 1. The maximum Gasteiger partial charge on any atom is 0.314 e. The Labute approximate surface area is 174 Å². The Morgan fingerprint density at radius 1 is 0.759 bits per heavy atom. The van der Waals surface area contributed by atoms with Crippen molar-refractivity contribution in [2.45, 2.75) is 58.3 Å². The van der Waals surface area contributed by atoms with Crippen LogP contribution in [-0.4, -0.2) is 5.97 Å². The predicted octanol–water partition coefficient (Wildman–Crippen LogP) is 6.47. The molecule has 0 saturated heterocycles. The van der Waals surface area contributed by atoms with Gasteiger partial charge < -0.3 is 10.5 Å². The first-order chi connectivity index (χ1) is 14.1. The summed E-state index contributed by atoms with van der Waals surface area (Å²) in [4.78, 5) is 12.6. The Kier molecular flexibility index (Phi) is 6.22. The first-order valence-corrected chi connectivity index (χ1v) is 11.3. The van der Waals surface area contributed by atoms with Crippen molar-refractivity contribution in [3.8, 4) is 16.9 Å². The maximum atomic E-state index is 12.6. The highest BCUT2D eigenvalue weighted by molar-refractivity contribution is 5.75. The van der Waals surface area contributed by atoms with Crippen LogP contribution < -0.4 is 10.5 Å². The zero-order chi connectivity index (χ0) is 20.2. The first-order valence-electron chi connectivity index (χ1n) is 11.3.